The molecule has 0 radical (unpaired) electrons. The van der Waals surface area contributed by atoms with Gasteiger partial charge < -0.3 is 14.8 Å². The Morgan fingerprint density at radius 2 is 1.63 bits per heavy atom. The van der Waals surface area contributed by atoms with Crippen molar-refractivity contribution in [2.45, 2.75) is 0 Å². The highest BCUT2D eigenvalue weighted by molar-refractivity contribution is 6.06. The molecule has 3 aromatic carbocycles. The van der Waals surface area contributed by atoms with E-state index in [-0.39, 0.29) is 22.8 Å². The molecule has 0 saturated carbocycles. The lowest BCUT2D eigenvalue weighted by Crippen LogP contribution is -2.12. The molecule has 1 heterocycles. The SMILES string of the molecule is O=C(Nc1ccc(O)cc1-c1cc(=O)c2ccccc2o1)c1ccccc1. The molecule has 1 amide bonds. The Bertz CT molecular complexity index is 1200. The minimum absolute atomic E-state index is 0.00137. The second-order valence-corrected chi connectivity index (χ2v) is 6.02. The van der Waals surface area contributed by atoms with E-state index >= 15 is 0 Å². The van der Waals surface area contributed by atoms with E-state index in [4.69, 9.17) is 4.42 Å². The van der Waals surface area contributed by atoms with Crippen molar-refractivity contribution in [2.24, 2.45) is 0 Å². The van der Waals surface area contributed by atoms with Crippen LogP contribution in [0.3, 0.4) is 0 Å². The van der Waals surface area contributed by atoms with E-state index in [1.807, 2.05) is 6.07 Å². The molecule has 4 aromatic rings. The fourth-order valence-electron chi connectivity index (χ4n) is 2.87. The first-order valence-electron chi connectivity index (χ1n) is 8.34. The molecule has 0 aliphatic rings. The first-order valence-corrected chi connectivity index (χ1v) is 8.34. The van der Waals surface area contributed by atoms with Gasteiger partial charge in [0.05, 0.1) is 11.1 Å². The highest BCUT2D eigenvalue weighted by Crippen LogP contribution is 2.32. The normalized spacial score (nSPS) is 10.7. The predicted octanol–water partition coefficient (Wildman–Crippen LogP) is 4.42. The summed E-state index contributed by atoms with van der Waals surface area (Å²) in [6, 6.07) is 21.5. The maximum atomic E-state index is 12.5. The number of hydrogen-bond donors (Lipinski definition) is 2. The van der Waals surface area contributed by atoms with Crippen molar-refractivity contribution in [3.8, 4) is 17.1 Å². The zero-order chi connectivity index (χ0) is 18.8. The van der Waals surface area contributed by atoms with Crippen molar-refractivity contribution < 1.29 is 14.3 Å². The van der Waals surface area contributed by atoms with Crippen LogP contribution in [0.1, 0.15) is 10.4 Å². The van der Waals surface area contributed by atoms with Gasteiger partial charge in [-0.15, -0.1) is 0 Å². The van der Waals surface area contributed by atoms with Crippen LogP contribution in [0.2, 0.25) is 0 Å². The third kappa shape index (κ3) is 3.30. The minimum atomic E-state index is -0.300. The molecule has 1 aromatic heterocycles. The van der Waals surface area contributed by atoms with Gasteiger partial charge in [-0.2, -0.15) is 0 Å². The number of hydrogen-bond acceptors (Lipinski definition) is 4. The highest BCUT2D eigenvalue weighted by Gasteiger charge is 2.14. The topological polar surface area (TPSA) is 79.5 Å². The second kappa shape index (κ2) is 6.80. The van der Waals surface area contributed by atoms with Crippen LogP contribution < -0.4 is 10.7 Å². The van der Waals surface area contributed by atoms with Crippen LogP contribution in [-0.4, -0.2) is 11.0 Å². The molecule has 0 aliphatic carbocycles. The molecule has 4 rings (SSSR count). The lowest BCUT2D eigenvalue weighted by molar-refractivity contribution is 0.102. The van der Waals surface area contributed by atoms with Gasteiger partial charge in [0.15, 0.2) is 5.43 Å². The van der Waals surface area contributed by atoms with E-state index in [2.05, 4.69) is 5.32 Å². The van der Waals surface area contributed by atoms with E-state index in [9.17, 15) is 14.7 Å². The Hall–Kier alpha value is -3.86. The smallest absolute Gasteiger partial charge is 0.255 e. The van der Waals surface area contributed by atoms with Crippen molar-refractivity contribution in [3.63, 3.8) is 0 Å². The zero-order valence-corrected chi connectivity index (χ0v) is 14.2. The van der Waals surface area contributed by atoms with Gasteiger partial charge in [0.25, 0.3) is 5.91 Å². The van der Waals surface area contributed by atoms with Crippen LogP contribution in [0, 0.1) is 0 Å². The number of nitrogens with one attached hydrogen (secondary N) is 1. The monoisotopic (exact) mass is 357 g/mol. The largest absolute Gasteiger partial charge is 0.508 e. The Balaban J connectivity index is 1.81. The number of amides is 1. The lowest BCUT2D eigenvalue weighted by atomic mass is 10.1. The number of carbonyl (C=O) groups is 1. The first-order chi connectivity index (χ1) is 13.1. The van der Waals surface area contributed by atoms with Gasteiger partial charge in [-0.25, -0.2) is 0 Å². The average Bonchev–Trinajstić information content (AvgIpc) is 2.70. The van der Waals surface area contributed by atoms with E-state index in [0.717, 1.165) is 0 Å². The van der Waals surface area contributed by atoms with E-state index in [0.29, 0.717) is 27.8 Å². The summed E-state index contributed by atoms with van der Waals surface area (Å²) in [5.74, 6) is -0.0397. The number of aromatic hydroxyl groups is 1. The number of rotatable bonds is 3. The molecule has 0 saturated heterocycles. The van der Waals surface area contributed by atoms with E-state index in [1.54, 1.807) is 54.6 Å². The third-order valence-electron chi connectivity index (χ3n) is 4.19. The molecule has 0 bridgehead atoms. The molecule has 5 nitrogen and oxygen atoms in total. The van der Waals surface area contributed by atoms with Crippen LogP contribution >= 0.6 is 0 Å². The minimum Gasteiger partial charge on any atom is -0.508 e. The summed E-state index contributed by atoms with van der Waals surface area (Å²) in [5, 5.41) is 13.2. The van der Waals surface area contributed by atoms with Crippen LogP contribution in [0.5, 0.6) is 5.75 Å². The molecule has 27 heavy (non-hydrogen) atoms. The molecule has 0 spiro atoms. The number of para-hydroxylation sites is 1. The number of carbonyl (C=O) groups excluding carboxylic acids is 1. The number of benzene rings is 3. The maximum Gasteiger partial charge on any atom is 0.255 e. The van der Waals surface area contributed by atoms with Gasteiger partial charge in [-0.05, 0) is 42.5 Å². The van der Waals surface area contributed by atoms with E-state index < -0.39 is 0 Å². The number of phenols is 1. The molecule has 0 atom stereocenters. The Kier molecular flexibility index (Phi) is 4.18. The van der Waals surface area contributed by atoms with E-state index in [1.165, 1.54) is 18.2 Å². The lowest BCUT2D eigenvalue weighted by Gasteiger charge is -2.12. The molecule has 0 aliphatic heterocycles. The predicted molar refractivity (Wildman–Crippen MR) is 104 cm³/mol. The zero-order valence-electron chi connectivity index (χ0n) is 14.2. The van der Waals surface area contributed by atoms with Gasteiger partial charge in [-0.3, -0.25) is 9.59 Å². The number of fused-ring (bicyclic) bond motifs is 1. The van der Waals surface area contributed by atoms with Crippen LogP contribution in [0.25, 0.3) is 22.3 Å². The summed E-state index contributed by atoms with van der Waals surface area (Å²) in [6.07, 6.45) is 0. The summed E-state index contributed by atoms with van der Waals surface area (Å²) < 4.78 is 5.85. The van der Waals surface area contributed by atoms with Crippen LogP contribution in [-0.2, 0) is 0 Å². The summed E-state index contributed by atoms with van der Waals surface area (Å²) >= 11 is 0. The fourth-order valence-corrected chi connectivity index (χ4v) is 2.87. The van der Waals surface area contributed by atoms with Crippen LogP contribution in [0.15, 0.2) is 88.1 Å². The molecule has 5 heteroatoms. The van der Waals surface area contributed by atoms with Crippen molar-refractivity contribution in [2.75, 3.05) is 5.32 Å². The molecule has 2 N–H and O–H groups in total. The highest BCUT2D eigenvalue weighted by atomic mass is 16.3. The molecule has 0 fully saturated rings. The second-order valence-electron chi connectivity index (χ2n) is 6.02. The average molecular weight is 357 g/mol. The van der Waals surface area contributed by atoms with Crippen molar-refractivity contribution in [1.82, 2.24) is 0 Å². The third-order valence-corrected chi connectivity index (χ3v) is 4.19. The Morgan fingerprint density at radius 3 is 2.44 bits per heavy atom. The Morgan fingerprint density at radius 1 is 0.889 bits per heavy atom. The standard InChI is InChI=1S/C22H15NO4/c24-15-10-11-18(23-22(26)14-6-2-1-3-7-14)17(12-15)21-13-19(25)16-8-4-5-9-20(16)27-21/h1-13,24H,(H,23,26). The van der Waals surface area contributed by atoms with Gasteiger partial charge in [0.1, 0.15) is 17.1 Å². The molecule has 132 valence electrons. The summed E-state index contributed by atoms with van der Waals surface area (Å²) in [4.78, 5) is 24.9. The Labute approximate surface area is 154 Å². The first kappa shape index (κ1) is 16.6. The van der Waals surface area contributed by atoms with Crippen molar-refractivity contribution in [1.29, 1.82) is 0 Å². The van der Waals surface area contributed by atoms with Gasteiger partial charge >= 0.3 is 0 Å². The van der Waals surface area contributed by atoms with Crippen molar-refractivity contribution >= 4 is 22.6 Å². The van der Waals surface area contributed by atoms with Crippen LogP contribution in [0.4, 0.5) is 5.69 Å². The number of phenolic OH excluding ortho intramolecular Hbond substituents is 1. The fraction of sp³-hybridized carbons (Fsp3) is 0. The molecule has 0 unspecified atom stereocenters. The number of anilines is 1. The molecular formula is C22H15NO4. The summed E-state index contributed by atoms with van der Waals surface area (Å²) in [6.45, 7) is 0. The maximum absolute atomic E-state index is 12.5. The summed E-state index contributed by atoms with van der Waals surface area (Å²) in [5.41, 5.74) is 1.58. The van der Waals surface area contributed by atoms with Gasteiger partial charge in [-0.1, -0.05) is 30.3 Å². The quantitative estimate of drug-likeness (QED) is 0.532. The van der Waals surface area contributed by atoms with Crippen molar-refractivity contribution in [3.05, 3.63) is 94.6 Å². The molecular weight excluding hydrogens is 342 g/mol. The van der Waals surface area contributed by atoms with Gasteiger partial charge in [0.2, 0.25) is 0 Å². The van der Waals surface area contributed by atoms with Gasteiger partial charge in [0, 0.05) is 17.2 Å². The summed E-state index contributed by atoms with van der Waals surface area (Å²) in [7, 11) is 0.